The van der Waals surface area contributed by atoms with Crippen molar-refractivity contribution in [3.05, 3.63) is 41.2 Å². The standard InChI is InChI=1S/C12H12ClFN2O/c13-10-4-3-9(6-11(10)14)16-12(17)7-1-2-8(15)5-7/h1-4,6-8H,5,15H2,(H,16,17). The van der Waals surface area contributed by atoms with Gasteiger partial charge in [0.25, 0.3) is 0 Å². The van der Waals surface area contributed by atoms with Crippen LogP contribution in [0.5, 0.6) is 0 Å². The van der Waals surface area contributed by atoms with Gasteiger partial charge in [-0.25, -0.2) is 4.39 Å². The van der Waals surface area contributed by atoms with E-state index in [2.05, 4.69) is 5.32 Å². The van der Waals surface area contributed by atoms with E-state index in [0.29, 0.717) is 12.1 Å². The number of carbonyl (C=O) groups excluding carboxylic acids is 1. The molecule has 2 rings (SSSR count). The van der Waals surface area contributed by atoms with E-state index in [1.165, 1.54) is 12.1 Å². The van der Waals surface area contributed by atoms with E-state index < -0.39 is 5.82 Å². The molecule has 90 valence electrons. The first-order valence-corrected chi connectivity index (χ1v) is 5.64. The number of benzene rings is 1. The van der Waals surface area contributed by atoms with Crippen LogP contribution in [0.3, 0.4) is 0 Å². The Morgan fingerprint density at radius 1 is 1.47 bits per heavy atom. The summed E-state index contributed by atoms with van der Waals surface area (Å²) in [5.74, 6) is -0.984. The SMILES string of the molecule is NC1C=CC(C(=O)Nc2ccc(Cl)c(F)c2)C1. The summed E-state index contributed by atoms with van der Waals surface area (Å²) in [5.41, 5.74) is 6.05. The van der Waals surface area contributed by atoms with Crippen LogP contribution in [0.15, 0.2) is 30.4 Å². The molecule has 0 aliphatic heterocycles. The number of rotatable bonds is 2. The fourth-order valence-corrected chi connectivity index (χ4v) is 1.85. The zero-order valence-electron chi connectivity index (χ0n) is 8.99. The van der Waals surface area contributed by atoms with Gasteiger partial charge in [0.2, 0.25) is 5.91 Å². The van der Waals surface area contributed by atoms with Gasteiger partial charge in [-0.15, -0.1) is 0 Å². The van der Waals surface area contributed by atoms with Crippen molar-refractivity contribution in [1.82, 2.24) is 0 Å². The summed E-state index contributed by atoms with van der Waals surface area (Å²) >= 11 is 5.55. The van der Waals surface area contributed by atoms with Gasteiger partial charge in [-0.05, 0) is 24.6 Å². The summed E-state index contributed by atoms with van der Waals surface area (Å²) in [6, 6.07) is 4.08. The van der Waals surface area contributed by atoms with Gasteiger partial charge in [0, 0.05) is 11.7 Å². The van der Waals surface area contributed by atoms with Gasteiger partial charge < -0.3 is 11.1 Å². The summed E-state index contributed by atoms with van der Waals surface area (Å²) in [6.45, 7) is 0. The quantitative estimate of drug-likeness (QED) is 0.796. The average molecular weight is 255 g/mol. The van der Waals surface area contributed by atoms with Crippen LogP contribution in [0.4, 0.5) is 10.1 Å². The maximum absolute atomic E-state index is 13.2. The number of hydrogen-bond donors (Lipinski definition) is 2. The molecular weight excluding hydrogens is 243 g/mol. The lowest BCUT2D eigenvalue weighted by molar-refractivity contribution is -0.118. The molecule has 17 heavy (non-hydrogen) atoms. The molecule has 2 unspecified atom stereocenters. The summed E-state index contributed by atoms with van der Waals surface area (Å²) in [6.07, 6.45) is 4.15. The topological polar surface area (TPSA) is 55.1 Å². The van der Waals surface area contributed by atoms with Crippen molar-refractivity contribution in [3.8, 4) is 0 Å². The minimum atomic E-state index is -0.553. The molecular formula is C12H12ClFN2O. The van der Waals surface area contributed by atoms with E-state index in [1.807, 2.05) is 0 Å². The smallest absolute Gasteiger partial charge is 0.231 e. The Hall–Kier alpha value is -1.39. The van der Waals surface area contributed by atoms with Gasteiger partial charge in [0.1, 0.15) is 5.82 Å². The predicted octanol–water partition coefficient (Wildman–Crippen LogP) is 2.32. The Morgan fingerprint density at radius 2 is 2.24 bits per heavy atom. The molecule has 0 aromatic heterocycles. The monoisotopic (exact) mass is 254 g/mol. The van der Waals surface area contributed by atoms with Crippen LogP contribution in [0, 0.1) is 11.7 Å². The van der Waals surface area contributed by atoms with Crippen LogP contribution in [-0.2, 0) is 4.79 Å². The van der Waals surface area contributed by atoms with Crippen molar-refractivity contribution in [2.24, 2.45) is 11.7 Å². The highest BCUT2D eigenvalue weighted by Gasteiger charge is 2.22. The second-order valence-corrected chi connectivity index (χ2v) is 4.42. The highest BCUT2D eigenvalue weighted by molar-refractivity contribution is 6.30. The molecule has 1 aliphatic carbocycles. The van der Waals surface area contributed by atoms with E-state index in [9.17, 15) is 9.18 Å². The van der Waals surface area contributed by atoms with Crippen molar-refractivity contribution in [1.29, 1.82) is 0 Å². The van der Waals surface area contributed by atoms with E-state index in [0.717, 1.165) is 0 Å². The molecule has 3 nitrogen and oxygen atoms in total. The van der Waals surface area contributed by atoms with Crippen LogP contribution in [0.25, 0.3) is 0 Å². The fraction of sp³-hybridized carbons (Fsp3) is 0.250. The third kappa shape index (κ3) is 2.84. The molecule has 0 fully saturated rings. The number of nitrogens with two attached hydrogens (primary N) is 1. The molecule has 0 bridgehead atoms. The van der Waals surface area contributed by atoms with Crippen LogP contribution >= 0.6 is 11.6 Å². The number of nitrogens with one attached hydrogen (secondary N) is 1. The van der Waals surface area contributed by atoms with Crippen LogP contribution in [0.1, 0.15) is 6.42 Å². The molecule has 1 amide bonds. The Balaban J connectivity index is 2.03. The summed E-state index contributed by atoms with van der Waals surface area (Å²) < 4.78 is 13.2. The van der Waals surface area contributed by atoms with Crippen molar-refractivity contribution >= 4 is 23.2 Å². The summed E-state index contributed by atoms with van der Waals surface area (Å²) in [5, 5.41) is 2.66. The van der Waals surface area contributed by atoms with Crippen molar-refractivity contribution < 1.29 is 9.18 Å². The molecule has 0 radical (unpaired) electrons. The minimum Gasteiger partial charge on any atom is -0.325 e. The number of amides is 1. The predicted molar refractivity (Wildman–Crippen MR) is 65.3 cm³/mol. The largest absolute Gasteiger partial charge is 0.325 e. The first kappa shape index (κ1) is 12.1. The van der Waals surface area contributed by atoms with E-state index in [4.69, 9.17) is 17.3 Å². The summed E-state index contributed by atoms with van der Waals surface area (Å²) in [7, 11) is 0. The molecule has 0 saturated carbocycles. The van der Waals surface area contributed by atoms with E-state index in [-0.39, 0.29) is 22.9 Å². The fourth-order valence-electron chi connectivity index (χ4n) is 1.73. The lowest BCUT2D eigenvalue weighted by Crippen LogP contribution is -2.24. The van der Waals surface area contributed by atoms with Crippen LogP contribution < -0.4 is 11.1 Å². The maximum Gasteiger partial charge on any atom is 0.231 e. The normalized spacial score (nSPS) is 22.8. The first-order valence-electron chi connectivity index (χ1n) is 5.26. The zero-order valence-corrected chi connectivity index (χ0v) is 9.75. The Kier molecular flexibility index (Phi) is 3.45. The highest BCUT2D eigenvalue weighted by atomic mass is 35.5. The molecule has 1 aromatic carbocycles. The third-order valence-corrected chi connectivity index (χ3v) is 2.95. The lowest BCUT2D eigenvalue weighted by atomic mass is 10.1. The molecule has 1 aromatic rings. The second kappa shape index (κ2) is 4.85. The van der Waals surface area contributed by atoms with Gasteiger partial charge in [-0.2, -0.15) is 0 Å². The minimum absolute atomic E-state index is 0.0331. The van der Waals surface area contributed by atoms with Gasteiger partial charge in [0.05, 0.1) is 10.9 Å². The lowest BCUT2D eigenvalue weighted by Gasteiger charge is -2.10. The van der Waals surface area contributed by atoms with E-state index in [1.54, 1.807) is 18.2 Å². The van der Waals surface area contributed by atoms with Crippen molar-refractivity contribution in [2.75, 3.05) is 5.32 Å². The molecule has 0 saturated heterocycles. The highest BCUT2D eigenvalue weighted by Crippen LogP contribution is 2.21. The molecule has 5 heteroatoms. The van der Waals surface area contributed by atoms with Gasteiger partial charge in [-0.3, -0.25) is 4.79 Å². The van der Waals surface area contributed by atoms with E-state index >= 15 is 0 Å². The van der Waals surface area contributed by atoms with Gasteiger partial charge in [0.15, 0.2) is 0 Å². The number of halogens is 2. The zero-order chi connectivity index (χ0) is 12.4. The van der Waals surface area contributed by atoms with Crippen molar-refractivity contribution in [2.45, 2.75) is 12.5 Å². The number of anilines is 1. The Labute approximate surface area is 103 Å². The van der Waals surface area contributed by atoms with Crippen LogP contribution in [0.2, 0.25) is 5.02 Å². The maximum atomic E-state index is 13.2. The molecule has 1 aliphatic rings. The third-order valence-electron chi connectivity index (χ3n) is 2.64. The summed E-state index contributed by atoms with van der Waals surface area (Å²) in [4.78, 5) is 11.8. The van der Waals surface area contributed by atoms with Gasteiger partial charge in [-0.1, -0.05) is 23.8 Å². The second-order valence-electron chi connectivity index (χ2n) is 4.01. The Bertz CT molecular complexity index is 476. The van der Waals surface area contributed by atoms with Crippen LogP contribution in [-0.4, -0.2) is 11.9 Å². The van der Waals surface area contributed by atoms with Gasteiger partial charge >= 0.3 is 0 Å². The molecule has 0 heterocycles. The van der Waals surface area contributed by atoms with Crippen molar-refractivity contribution in [3.63, 3.8) is 0 Å². The molecule has 3 N–H and O–H groups in total. The molecule has 0 spiro atoms. The molecule has 2 atom stereocenters. The average Bonchev–Trinajstić information content (AvgIpc) is 2.70. The number of hydrogen-bond acceptors (Lipinski definition) is 2. The first-order chi connectivity index (χ1) is 8.06. The number of carbonyl (C=O) groups is 1. The Morgan fingerprint density at radius 3 is 2.82 bits per heavy atom.